The highest BCUT2D eigenvalue weighted by Crippen LogP contribution is 2.33. The Balaban J connectivity index is 0.000000278. The highest BCUT2D eigenvalue weighted by atomic mass is 79.9. The maximum absolute atomic E-state index is 3.30. The van der Waals surface area contributed by atoms with E-state index in [1.165, 1.54) is 25.3 Å². The largest absolute Gasteiger partial charge is 0.137 e. The molecule has 3 heteroatoms. The lowest BCUT2D eigenvalue weighted by atomic mass is 10.2. The normalized spacial score (nSPS) is 10.3. The Morgan fingerprint density at radius 3 is 1.62 bits per heavy atom. The van der Waals surface area contributed by atoms with Crippen LogP contribution in [0.2, 0.25) is 0 Å². The second kappa shape index (κ2) is 9.83. The van der Waals surface area contributed by atoms with Crippen LogP contribution in [0.1, 0.15) is 5.56 Å². The van der Waals surface area contributed by atoms with Crippen LogP contribution in [0, 0.1) is 6.92 Å². The van der Waals surface area contributed by atoms with Crippen LogP contribution >= 0.6 is 35.2 Å². The van der Waals surface area contributed by atoms with E-state index < -0.39 is 7.92 Å². The molecule has 0 amide bonds. The quantitative estimate of drug-likeness (QED) is 0.331. The second-order valence-corrected chi connectivity index (χ2v) is 10.2. The van der Waals surface area contributed by atoms with Gasteiger partial charge in [-0.05, 0) is 63.7 Å². The molecule has 3 aromatic carbocycles. The van der Waals surface area contributed by atoms with Gasteiger partial charge in [-0.25, -0.2) is 0 Å². The SMILES string of the molecule is Brc1cccs1.Cc1ccccc1P(c1ccccc1)c1ccccc1. The first-order valence-electron chi connectivity index (χ1n) is 8.40. The summed E-state index contributed by atoms with van der Waals surface area (Å²) in [6.07, 6.45) is 0. The van der Waals surface area contributed by atoms with Crippen LogP contribution < -0.4 is 15.9 Å². The van der Waals surface area contributed by atoms with Crippen molar-refractivity contribution in [2.75, 3.05) is 0 Å². The van der Waals surface area contributed by atoms with Crippen molar-refractivity contribution in [2.24, 2.45) is 0 Å². The summed E-state index contributed by atoms with van der Waals surface area (Å²) >= 11 is 4.99. The van der Waals surface area contributed by atoms with Crippen LogP contribution in [-0.2, 0) is 0 Å². The fraction of sp³-hybridized carbons (Fsp3) is 0.0435. The number of aryl methyl sites for hydroxylation is 1. The molecule has 4 aromatic rings. The van der Waals surface area contributed by atoms with Crippen molar-refractivity contribution in [1.29, 1.82) is 0 Å². The molecule has 0 saturated heterocycles. The van der Waals surface area contributed by atoms with Crippen LogP contribution in [-0.4, -0.2) is 0 Å². The molecule has 0 N–H and O–H groups in total. The van der Waals surface area contributed by atoms with Gasteiger partial charge in [-0.3, -0.25) is 0 Å². The molecule has 0 spiro atoms. The van der Waals surface area contributed by atoms with Crippen LogP contribution in [0.3, 0.4) is 0 Å². The number of benzene rings is 3. The lowest BCUT2D eigenvalue weighted by Gasteiger charge is -2.21. The molecule has 0 fully saturated rings. The molecule has 4 rings (SSSR count). The lowest BCUT2D eigenvalue weighted by Crippen LogP contribution is -2.22. The van der Waals surface area contributed by atoms with Gasteiger partial charge in [0.25, 0.3) is 0 Å². The molecule has 0 aliphatic rings. The first-order valence-corrected chi connectivity index (χ1v) is 11.4. The zero-order chi connectivity index (χ0) is 18.2. The van der Waals surface area contributed by atoms with E-state index in [0.717, 1.165) is 0 Å². The molecule has 0 aliphatic carbocycles. The number of hydrogen-bond acceptors (Lipinski definition) is 1. The zero-order valence-electron chi connectivity index (χ0n) is 14.5. The zero-order valence-corrected chi connectivity index (χ0v) is 17.8. The third-order valence-electron chi connectivity index (χ3n) is 3.87. The molecular weight excluding hydrogens is 419 g/mol. The van der Waals surface area contributed by atoms with E-state index in [1.807, 2.05) is 17.5 Å². The molecule has 0 aliphatic heterocycles. The standard InChI is InChI=1S/C19H17P.C4H3BrS/c1-16-10-8-9-15-19(16)20(17-11-4-2-5-12-17)18-13-6-3-7-14-18;5-4-2-1-3-6-4/h2-15H,1H3;1-3H. The minimum absolute atomic E-state index is 0.467. The topological polar surface area (TPSA) is 0 Å². The van der Waals surface area contributed by atoms with E-state index in [1.54, 1.807) is 11.3 Å². The first kappa shape index (κ1) is 19.0. The molecule has 26 heavy (non-hydrogen) atoms. The number of hydrogen-bond donors (Lipinski definition) is 0. The van der Waals surface area contributed by atoms with Crippen molar-refractivity contribution in [3.8, 4) is 0 Å². The van der Waals surface area contributed by atoms with Gasteiger partial charge in [-0.2, -0.15) is 0 Å². The van der Waals surface area contributed by atoms with E-state index >= 15 is 0 Å². The van der Waals surface area contributed by atoms with Gasteiger partial charge < -0.3 is 0 Å². The van der Waals surface area contributed by atoms with Gasteiger partial charge in [0.15, 0.2) is 0 Å². The van der Waals surface area contributed by atoms with Gasteiger partial charge in [-0.1, -0.05) is 91.0 Å². The smallest absolute Gasteiger partial charge is 0.0698 e. The van der Waals surface area contributed by atoms with E-state index in [4.69, 9.17) is 0 Å². The summed E-state index contributed by atoms with van der Waals surface area (Å²) in [6.45, 7) is 2.20. The van der Waals surface area contributed by atoms with Gasteiger partial charge in [0, 0.05) is 0 Å². The summed E-state index contributed by atoms with van der Waals surface area (Å²) in [5.41, 5.74) is 1.37. The minimum Gasteiger partial charge on any atom is -0.137 e. The highest BCUT2D eigenvalue weighted by molar-refractivity contribution is 9.11. The monoisotopic (exact) mass is 438 g/mol. The summed E-state index contributed by atoms with van der Waals surface area (Å²) in [6, 6.07) is 34.4. The summed E-state index contributed by atoms with van der Waals surface area (Å²) < 4.78 is 1.20. The van der Waals surface area contributed by atoms with Gasteiger partial charge >= 0.3 is 0 Å². The highest BCUT2D eigenvalue weighted by Gasteiger charge is 2.17. The summed E-state index contributed by atoms with van der Waals surface area (Å²) in [4.78, 5) is 0. The Morgan fingerprint density at radius 2 is 1.19 bits per heavy atom. The van der Waals surface area contributed by atoms with Gasteiger partial charge in [0.1, 0.15) is 0 Å². The van der Waals surface area contributed by atoms with Crippen LogP contribution in [0.4, 0.5) is 0 Å². The average Bonchev–Trinajstić information content (AvgIpc) is 3.17. The van der Waals surface area contributed by atoms with Crippen molar-refractivity contribution >= 4 is 51.1 Å². The third-order valence-corrected chi connectivity index (χ3v) is 7.96. The Bertz CT molecular complexity index is 866. The van der Waals surface area contributed by atoms with Crippen molar-refractivity contribution in [3.05, 3.63) is 112 Å². The fourth-order valence-electron chi connectivity index (χ4n) is 2.65. The molecule has 0 nitrogen and oxygen atoms in total. The maximum atomic E-state index is 3.30. The van der Waals surface area contributed by atoms with Crippen molar-refractivity contribution in [1.82, 2.24) is 0 Å². The minimum atomic E-state index is -0.467. The molecule has 0 bridgehead atoms. The second-order valence-electron chi connectivity index (χ2n) is 5.71. The van der Waals surface area contributed by atoms with E-state index in [9.17, 15) is 0 Å². The Hall–Kier alpha value is -1.73. The molecular formula is C23H20BrPS. The molecule has 0 saturated carbocycles. The summed E-state index contributed by atoms with van der Waals surface area (Å²) in [5.74, 6) is 0. The van der Waals surface area contributed by atoms with Crippen molar-refractivity contribution in [2.45, 2.75) is 6.92 Å². The van der Waals surface area contributed by atoms with Crippen LogP contribution in [0.5, 0.6) is 0 Å². The van der Waals surface area contributed by atoms with E-state index in [2.05, 4.69) is 108 Å². The Labute approximate surface area is 169 Å². The predicted octanol–water partition coefficient (Wildman–Crippen LogP) is 6.26. The van der Waals surface area contributed by atoms with Crippen LogP contribution in [0.15, 0.2) is 106 Å². The molecule has 1 heterocycles. The van der Waals surface area contributed by atoms with Crippen LogP contribution in [0.25, 0.3) is 0 Å². The lowest BCUT2D eigenvalue weighted by molar-refractivity contribution is 1.52. The van der Waals surface area contributed by atoms with Crippen molar-refractivity contribution < 1.29 is 0 Å². The molecule has 0 radical (unpaired) electrons. The summed E-state index contributed by atoms with van der Waals surface area (Å²) in [5, 5.41) is 6.29. The van der Waals surface area contributed by atoms with Gasteiger partial charge in [0.2, 0.25) is 0 Å². The number of rotatable bonds is 3. The molecule has 0 unspecified atom stereocenters. The maximum Gasteiger partial charge on any atom is 0.0698 e. The average molecular weight is 439 g/mol. The number of halogens is 1. The fourth-order valence-corrected chi connectivity index (χ4v) is 6.03. The first-order chi connectivity index (χ1) is 12.8. The predicted molar refractivity (Wildman–Crippen MR) is 122 cm³/mol. The summed E-state index contributed by atoms with van der Waals surface area (Å²) in [7, 11) is -0.467. The third kappa shape index (κ3) is 5.14. The van der Waals surface area contributed by atoms with Gasteiger partial charge in [-0.15, -0.1) is 11.3 Å². The Kier molecular flexibility index (Phi) is 7.20. The van der Waals surface area contributed by atoms with E-state index in [-0.39, 0.29) is 0 Å². The number of thiophene rings is 1. The molecule has 1 aromatic heterocycles. The van der Waals surface area contributed by atoms with Crippen molar-refractivity contribution in [3.63, 3.8) is 0 Å². The van der Waals surface area contributed by atoms with Gasteiger partial charge in [0.05, 0.1) is 3.79 Å². The van der Waals surface area contributed by atoms with E-state index in [0.29, 0.717) is 0 Å². The molecule has 0 atom stereocenters. The Morgan fingerprint density at radius 1 is 0.654 bits per heavy atom. The molecule has 130 valence electrons.